The van der Waals surface area contributed by atoms with Gasteiger partial charge in [-0.05, 0) is 42.3 Å². The lowest BCUT2D eigenvalue weighted by molar-refractivity contribution is -0.137. The Kier molecular flexibility index (Phi) is 6.54. The van der Waals surface area contributed by atoms with Crippen molar-refractivity contribution in [3.63, 3.8) is 0 Å². The van der Waals surface area contributed by atoms with Crippen LogP contribution in [0.25, 0.3) is 0 Å². The van der Waals surface area contributed by atoms with Crippen LogP contribution in [-0.2, 0) is 12.7 Å². The number of carbonyl (C=O) groups excluding carboxylic acids is 1. The van der Waals surface area contributed by atoms with E-state index >= 15 is 0 Å². The maximum Gasteiger partial charge on any atom is 0.416 e. The predicted molar refractivity (Wildman–Crippen MR) is 107 cm³/mol. The number of hydrogen-bond acceptors (Lipinski definition) is 3. The molecule has 0 atom stereocenters. The van der Waals surface area contributed by atoms with E-state index in [0.29, 0.717) is 16.2 Å². The van der Waals surface area contributed by atoms with E-state index in [1.807, 2.05) is 0 Å². The second kappa shape index (κ2) is 8.81. The summed E-state index contributed by atoms with van der Waals surface area (Å²) >= 11 is 0.952. The molecule has 3 rings (SSSR count). The van der Waals surface area contributed by atoms with Crippen LogP contribution >= 0.6 is 11.8 Å². The van der Waals surface area contributed by atoms with Crippen LogP contribution in [0.2, 0.25) is 0 Å². The second-order valence-corrected chi connectivity index (χ2v) is 7.73. The van der Waals surface area contributed by atoms with Crippen molar-refractivity contribution in [2.24, 2.45) is 4.99 Å². The number of amides is 2. The molecule has 1 aliphatic rings. The predicted octanol–water partition coefficient (Wildman–Crippen LogP) is 6.07. The molecule has 0 spiro atoms. The number of nitrogens with zero attached hydrogens (tertiary/aromatic N) is 3. The molecule has 0 saturated carbocycles. The van der Waals surface area contributed by atoms with Gasteiger partial charge < -0.3 is 0 Å². The molecule has 31 heavy (non-hydrogen) atoms. The Labute approximate surface area is 178 Å². The molecule has 2 aromatic carbocycles. The number of aryl methyl sites for hydroxylation is 1. The average molecular weight is 461 g/mol. The van der Waals surface area contributed by atoms with Crippen LogP contribution in [0.5, 0.6) is 0 Å². The lowest BCUT2D eigenvalue weighted by Crippen LogP contribution is -2.53. The summed E-state index contributed by atoms with van der Waals surface area (Å²) in [7, 11) is 0. The van der Waals surface area contributed by atoms with Crippen LogP contribution in [0, 0.1) is 6.92 Å². The molecule has 4 nitrogen and oxygen atoms in total. The Morgan fingerprint density at radius 2 is 1.71 bits per heavy atom. The van der Waals surface area contributed by atoms with Crippen molar-refractivity contribution < 1.29 is 31.1 Å². The minimum absolute atomic E-state index is 0.0580. The Balaban J connectivity index is 1.82. The first-order chi connectivity index (χ1) is 14.4. The summed E-state index contributed by atoms with van der Waals surface area (Å²) in [6, 6.07) is 10.1. The summed E-state index contributed by atoms with van der Waals surface area (Å²) in [5, 5.41) is -0.133. The molecule has 11 heteroatoms. The number of halogens is 6. The van der Waals surface area contributed by atoms with Crippen molar-refractivity contribution in [3.8, 4) is 0 Å². The molecule has 0 aliphatic carbocycles. The molecule has 1 fully saturated rings. The van der Waals surface area contributed by atoms with Gasteiger partial charge in [0.15, 0.2) is 5.17 Å². The van der Waals surface area contributed by atoms with E-state index in [4.69, 9.17) is 0 Å². The van der Waals surface area contributed by atoms with Gasteiger partial charge in [-0.1, -0.05) is 36.0 Å². The highest BCUT2D eigenvalue weighted by atomic mass is 32.2. The Morgan fingerprint density at radius 3 is 2.29 bits per heavy atom. The highest BCUT2D eigenvalue weighted by molar-refractivity contribution is 8.14. The van der Waals surface area contributed by atoms with Gasteiger partial charge in [0.2, 0.25) is 0 Å². The highest BCUT2D eigenvalue weighted by Gasteiger charge is 2.40. The summed E-state index contributed by atoms with van der Waals surface area (Å²) in [6.07, 6.45) is -9.14. The number of thioether (sulfide) groups is 1. The SMILES string of the molecule is Cc1cccc(N2CSC(=NCc3ccc(C(F)(F)F)cc3)N(CC(F)(F)F)C2=O)c1. The topological polar surface area (TPSA) is 35.9 Å². The fourth-order valence-corrected chi connectivity index (χ4v) is 3.83. The molecule has 0 aromatic heterocycles. The van der Waals surface area contributed by atoms with Crippen molar-refractivity contribution in [1.29, 1.82) is 0 Å². The first-order valence-corrected chi connectivity index (χ1v) is 9.98. The third-order valence-electron chi connectivity index (χ3n) is 4.34. The molecule has 0 radical (unpaired) electrons. The van der Waals surface area contributed by atoms with Gasteiger partial charge in [-0.15, -0.1) is 0 Å². The van der Waals surface area contributed by atoms with Crippen LogP contribution in [0.3, 0.4) is 0 Å². The molecule has 0 unspecified atom stereocenters. The van der Waals surface area contributed by atoms with Gasteiger partial charge in [-0.2, -0.15) is 26.3 Å². The fraction of sp³-hybridized carbons (Fsp3) is 0.300. The number of anilines is 1. The Morgan fingerprint density at radius 1 is 1.03 bits per heavy atom. The van der Waals surface area contributed by atoms with E-state index in [1.54, 1.807) is 31.2 Å². The van der Waals surface area contributed by atoms with E-state index in [9.17, 15) is 31.1 Å². The zero-order valence-electron chi connectivity index (χ0n) is 16.2. The zero-order valence-corrected chi connectivity index (χ0v) is 17.0. The molecular weight excluding hydrogens is 444 g/mol. The van der Waals surface area contributed by atoms with Crippen molar-refractivity contribution in [2.45, 2.75) is 25.8 Å². The molecule has 166 valence electrons. The maximum atomic E-state index is 13.1. The Hall–Kier alpha value is -2.69. The minimum atomic E-state index is -4.65. The quantitative estimate of drug-likeness (QED) is 0.519. The number of hydrogen-bond donors (Lipinski definition) is 0. The van der Waals surface area contributed by atoms with E-state index in [1.165, 1.54) is 17.0 Å². The van der Waals surface area contributed by atoms with Gasteiger partial charge in [-0.25, -0.2) is 4.79 Å². The summed E-state index contributed by atoms with van der Waals surface area (Å²) < 4.78 is 77.3. The first-order valence-electron chi connectivity index (χ1n) is 9.00. The van der Waals surface area contributed by atoms with Crippen LogP contribution in [-0.4, -0.2) is 34.7 Å². The van der Waals surface area contributed by atoms with Crippen LogP contribution < -0.4 is 4.90 Å². The van der Waals surface area contributed by atoms with Crippen LogP contribution in [0.1, 0.15) is 16.7 Å². The third-order valence-corrected chi connectivity index (χ3v) is 5.34. The van der Waals surface area contributed by atoms with Crippen molar-refractivity contribution in [2.75, 3.05) is 17.3 Å². The van der Waals surface area contributed by atoms with Gasteiger partial charge in [0.05, 0.1) is 18.0 Å². The van der Waals surface area contributed by atoms with Gasteiger partial charge in [-0.3, -0.25) is 14.8 Å². The Bertz CT molecular complexity index is 972. The maximum absolute atomic E-state index is 13.1. The van der Waals surface area contributed by atoms with Gasteiger partial charge in [0.25, 0.3) is 0 Å². The van der Waals surface area contributed by atoms with Crippen molar-refractivity contribution in [1.82, 2.24) is 4.90 Å². The second-order valence-electron chi connectivity index (χ2n) is 6.82. The van der Waals surface area contributed by atoms with E-state index < -0.39 is 30.5 Å². The largest absolute Gasteiger partial charge is 0.416 e. The monoisotopic (exact) mass is 461 g/mol. The van der Waals surface area contributed by atoms with E-state index in [-0.39, 0.29) is 17.6 Å². The standard InChI is InChI=1S/C20H17F6N3OS/c1-13-3-2-4-16(9-13)29-12-31-17(28(18(29)30)11-19(21,22)23)27-10-14-5-7-15(8-6-14)20(24,25)26/h2-9H,10-12H2,1H3. The number of benzene rings is 2. The van der Waals surface area contributed by atoms with E-state index in [2.05, 4.69) is 4.99 Å². The molecule has 2 aromatic rings. The number of alkyl halides is 6. The number of urea groups is 1. The number of rotatable bonds is 4. The lowest BCUT2D eigenvalue weighted by Gasteiger charge is -2.36. The van der Waals surface area contributed by atoms with Gasteiger partial charge in [0, 0.05) is 5.69 Å². The van der Waals surface area contributed by atoms with Crippen molar-refractivity contribution >= 4 is 28.6 Å². The third kappa shape index (κ3) is 5.93. The number of carbonyl (C=O) groups is 1. The first kappa shape index (κ1) is 23.0. The fourth-order valence-electron chi connectivity index (χ4n) is 2.87. The van der Waals surface area contributed by atoms with Gasteiger partial charge in [0.1, 0.15) is 6.54 Å². The normalized spacial score (nSPS) is 16.9. The summed E-state index contributed by atoms with van der Waals surface area (Å²) in [5.41, 5.74) is 0.853. The molecule has 2 amide bonds. The number of amidine groups is 1. The summed E-state index contributed by atoms with van der Waals surface area (Å²) in [5.74, 6) is 0.0580. The van der Waals surface area contributed by atoms with Crippen molar-refractivity contribution in [3.05, 3.63) is 65.2 Å². The van der Waals surface area contributed by atoms with Crippen LogP contribution in [0.15, 0.2) is 53.5 Å². The molecular formula is C20H17F6N3OS. The zero-order chi connectivity index (χ0) is 22.8. The van der Waals surface area contributed by atoms with Crippen LogP contribution in [0.4, 0.5) is 36.8 Å². The molecule has 1 saturated heterocycles. The lowest BCUT2D eigenvalue weighted by atomic mass is 10.1. The minimum Gasteiger partial charge on any atom is -0.284 e. The van der Waals surface area contributed by atoms with Gasteiger partial charge >= 0.3 is 18.4 Å². The summed E-state index contributed by atoms with van der Waals surface area (Å²) in [4.78, 5) is 18.7. The summed E-state index contributed by atoms with van der Waals surface area (Å²) in [6.45, 7) is 0.120. The molecule has 1 aliphatic heterocycles. The molecule has 1 heterocycles. The average Bonchev–Trinajstić information content (AvgIpc) is 2.67. The molecule has 0 N–H and O–H groups in total. The number of aliphatic imine (C=N–C) groups is 1. The highest BCUT2D eigenvalue weighted by Crippen LogP contribution is 2.31. The smallest absolute Gasteiger partial charge is 0.284 e. The van der Waals surface area contributed by atoms with E-state index in [0.717, 1.165) is 29.5 Å². The molecule has 0 bridgehead atoms.